The van der Waals surface area contributed by atoms with Crippen LogP contribution in [0.2, 0.25) is 0 Å². The van der Waals surface area contributed by atoms with Crippen LogP contribution in [0, 0.1) is 0 Å². The molecule has 56 heavy (non-hydrogen) atoms. The zero-order valence-electron chi connectivity index (χ0n) is 30.6. The van der Waals surface area contributed by atoms with E-state index in [0.29, 0.717) is 0 Å². The molecule has 2 heteroatoms. The Bertz CT molecular complexity index is 3250. The summed E-state index contributed by atoms with van der Waals surface area (Å²) in [6.45, 7) is 0. The summed E-state index contributed by atoms with van der Waals surface area (Å²) in [7, 11) is 0. The summed E-state index contributed by atoms with van der Waals surface area (Å²) in [4.78, 5) is 2.50. The summed E-state index contributed by atoms with van der Waals surface area (Å²) >= 11 is 1.86. The molecule has 0 aliphatic carbocycles. The molecular formula is C54H35NS. The van der Waals surface area contributed by atoms with E-state index in [2.05, 4.69) is 217 Å². The van der Waals surface area contributed by atoms with E-state index in [0.717, 1.165) is 17.1 Å². The molecule has 0 saturated heterocycles. The first-order chi connectivity index (χ1) is 27.8. The van der Waals surface area contributed by atoms with Crippen LogP contribution in [0.3, 0.4) is 0 Å². The number of hydrogen-bond donors (Lipinski definition) is 0. The summed E-state index contributed by atoms with van der Waals surface area (Å²) in [5.41, 5.74) is 10.6. The van der Waals surface area contributed by atoms with Crippen LogP contribution in [0.1, 0.15) is 0 Å². The summed E-state index contributed by atoms with van der Waals surface area (Å²) in [6.07, 6.45) is 0. The van der Waals surface area contributed by atoms with Gasteiger partial charge in [0, 0.05) is 31.4 Å². The molecule has 1 aromatic heterocycles. The van der Waals surface area contributed by atoms with E-state index >= 15 is 0 Å². The Kier molecular flexibility index (Phi) is 7.75. The highest BCUT2D eigenvalue weighted by Gasteiger charge is 2.22. The van der Waals surface area contributed by atoms with E-state index in [1.807, 2.05) is 11.3 Å². The molecule has 0 aliphatic heterocycles. The van der Waals surface area contributed by atoms with Crippen molar-refractivity contribution in [1.29, 1.82) is 0 Å². The van der Waals surface area contributed by atoms with Crippen LogP contribution in [-0.2, 0) is 0 Å². The molecule has 0 bridgehead atoms. The first kappa shape index (κ1) is 32.4. The van der Waals surface area contributed by atoms with Gasteiger partial charge in [0.05, 0.1) is 11.4 Å². The number of benzene rings is 10. The number of anilines is 3. The third-order valence-electron chi connectivity index (χ3n) is 11.2. The molecule has 1 heterocycles. The number of hydrogen-bond acceptors (Lipinski definition) is 2. The molecule has 0 amide bonds. The third kappa shape index (κ3) is 5.46. The average Bonchev–Trinajstić information content (AvgIpc) is 3.66. The van der Waals surface area contributed by atoms with Gasteiger partial charge in [0.15, 0.2) is 0 Å². The molecular weight excluding hydrogens is 695 g/mol. The lowest BCUT2D eigenvalue weighted by Crippen LogP contribution is -2.12. The van der Waals surface area contributed by atoms with Gasteiger partial charge in [-0.3, -0.25) is 0 Å². The minimum atomic E-state index is 1.11. The van der Waals surface area contributed by atoms with E-state index in [4.69, 9.17) is 0 Å². The van der Waals surface area contributed by atoms with Crippen molar-refractivity contribution in [3.63, 3.8) is 0 Å². The van der Waals surface area contributed by atoms with E-state index in [9.17, 15) is 0 Å². The summed E-state index contributed by atoms with van der Waals surface area (Å²) < 4.78 is 2.57. The van der Waals surface area contributed by atoms with Crippen LogP contribution in [0.4, 0.5) is 17.1 Å². The van der Waals surface area contributed by atoms with Gasteiger partial charge in [-0.1, -0.05) is 164 Å². The number of fused-ring (bicyclic) bond motifs is 7. The largest absolute Gasteiger partial charge is 0.309 e. The molecule has 0 spiro atoms. The fourth-order valence-electron chi connectivity index (χ4n) is 8.56. The molecule has 0 aliphatic rings. The Morgan fingerprint density at radius 1 is 0.304 bits per heavy atom. The normalized spacial score (nSPS) is 11.6. The molecule has 0 N–H and O–H groups in total. The summed E-state index contributed by atoms with van der Waals surface area (Å²) in [5, 5.41) is 10.1. The van der Waals surface area contributed by atoms with Gasteiger partial charge in [-0.05, 0) is 109 Å². The van der Waals surface area contributed by atoms with Gasteiger partial charge >= 0.3 is 0 Å². The maximum Gasteiger partial charge on any atom is 0.0555 e. The van der Waals surface area contributed by atoms with Gasteiger partial charge in [-0.25, -0.2) is 0 Å². The predicted octanol–water partition coefficient (Wildman–Crippen LogP) is 16.0. The van der Waals surface area contributed by atoms with Crippen LogP contribution in [0.15, 0.2) is 212 Å². The fraction of sp³-hybridized carbons (Fsp3) is 0. The maximum absolute atomic E-state index is 2.50. The smallest absolute Gasteiger partial charge is 0.0555 e. The lowest BCUT2D eigenvalue weighted by molar-refractivity contribution is 1.30. The van der Waals surface area contributed by atoms with Crippen molar-refractivity contribution >= 4 is 80.9 Å². The molecule has 0 radical (unpaired) electrons. The van der Waals surface area contributed by atoms with Crippen molar-refractivity contribution in [3.8, 4) is 33.4 Å². The van der Waals surface area contributed by atoms with Gasteiger partial charge in [0.2, 0.25) is 0 Å². The molecule has 1 nitrogen and oxygen atoms in total. The SMILES string of the molecule is c1ccc(-c2ccc(-c3ccc4ccccc4c3)cc2N(c2ccc(-c3cc4ccccc4c4ccccc34)cc2)c2cccc3sc4ccccc4c23)cc1. The topological polar surface area (TPSA) is 3.24 Å². The Balaban J connectivity index is 1.16. The Hall–Kier alpha value is -7.00. The second-order valence-corrected chi connectivity index (χ2v) is 15.6. The average molecular weight is 730 g/mol. The predicted molar refractivity (Wildman–Crippen MR) is 243 cm³/mol. The van der Waals surface area contributed by atoms with Crippen LogP contribution >= 0.6 is 11.3 Å². The minimum absolute atomic E-state index is 1.11. The van der Waals surface area contributed by atoms with Gasteiger partial charge in [-0.2, -0.15) is 0 Å². The van der Waals surface area contributed by atoms with E-state index in [1.165, 1.54) is 85.9 Å². The highest BCUT2D eigenvalue weighted by atomic mass is 32.1. The van der Waals surface area contributed by atoms with E-state index in [1.54, 1.807) is 0 Å². The summed E-state index contributed by atoms with van der Waals surface area (Å²) in [6, 6.07) is 77.9. The second-order valence-electron chi connectivity index (χ2n) is 14.5. The molecule has 11 aromatic rings. The van der Waals surface area contributed by atoms with Gasteiger partial charge in [0.1, 0.15) is 0 Å². The first-order valence-corrected chi connectivity index (χ1v) is 20.0. The van der Waals surface area contributed by atoms with E-state index < -0.39 is 0 Å². The molecule has 10 aromatic carbocycles. The number of rotatable bonds is 6. The number of nitrogens with zero attached hydrogens (tertiary/aromatic N) is 1. The van der Waals surface area contributed by atoms with Crippen LogP contribution in [0.25, 0.3) is 85.9 Å². The maximum atomic E-state index is 2.50. The van der Waals surface area contributed by atoms with Crippen LogP contribution < -0.4 is 4.90 Å². The zero-order chi connectivity index (χ0) is 37.0. The molecule has 0 saturated carbocycles. The standard InChI is InChI=1S/C54H35NS/c1-2-14-37(15-3-1)45-32-29-41(40-26-25-36-13-4-5-16-39(36)33-40)35-51(45)55(50-22-12-24-53-54(50)48-21-10-11-23-52(48)56-53)43-30-27-38(28-31-43)49-34-42-17-6-7-18-44(42)46-19-8-9-20-47(46)49/h1-35H. The lowest BCUT2D eigenvalue weighted by Gasteiger charge is -2.29. The number of thiophene rings is 1. The van der Waals surface area contributed by atoms with Crippen molar-refractivity contribution in [2.24, 2.45) is 0 Å². The Labute approximate surface area is 330 Å². The van der Waals surface area contributed by atoms with E-state index in [-0.39, 0.29) is 0 Å². The lowest BCUT2D eigenvalue weighted by atomic mass is 9.93. The minimum Gasteiger partial charge on any atom is -0.309 e. The van der Waals surface area contributed by atoms with Crippen LogP contribution in [-0.4, -0.2) is 0 Å². The van der Waals surface area contributed by atoms with Crippen molar-refractivity contribution in [3.05, 3.63) is 212 Å². The van der Waals surface area contributed by atoms with Crippen molar-refractivity contribution in [2.45, 2.75) is 0 Å². The second kappa shape index (κ2) is 13.4. The van der Waals surface area contributed by atoms with Gasteiger partial charge in [0.25, 0.3) is 0 Å². The van der Waals surface area contributed by atoms with Crippen LogP contribution in [0.5, 0.6) is 0 Å². The molecule has 0 unspecified atom stereocenters. The third-order valence-corrected chi connectivity index (χ3v) is 12.4. The quantitative estimate of drug-likeness (QED) is 0.154. The van der Waals surface area contributed by atoms with Gasteiger partial charge < -0.3 is 4.90 Å². The van der Waals surface area contributed by atoms with Gasteiger partial charge in [-0.15, -0.1) is 11.3 Å². The van der Waals surface area contributed by atoms with Crippen molar-refractivity contribution < 1.29 is 0 Å². The fourth-order valence-corrected chi connectivity index (χ4v) is 9.69. The monoisotopic (exact) mass is 729 g/mol. The molecule has 262 valence electrons. The molecule has 11 rings (SSSR count). The molecule has 0 fully saturated rings. The zero-order valence-corrected chi connectivity index (χ0v) is 31.4. The van der Waals surface area contributed by atoms with Crippen molar-refractivity contribution in [2.75, 3.05) is 4.90 Å². The highest BCUT2D eigenvalue weighted by Crippen LogP contribution is 2.48. The Morgan fingerprint density at radius 3 is 1.75 bits per heavy atom. The Morgan fingerprint density at radius 2 is 0.911 bits per heavy atom. The molecule has 0 atom stereocenters. The summed E-state index contributed by atoms with van der Waals surface area (Å²) in [5.74, 6) is 0. The first-order valence-electron chi connectivity index (χ1n) is 19.2. The highest BCUT2D eigenvalue weighted by molar-refractivity contribution is 7.26. The van der Waals surface area contributed by atoms with Crippen molar-refractivity contribution in [1.82, 2.24) is 0 Å².